The zero-order valence-electron chi connectivity index (χ0n) is 19.4. The lowest BCUT2D eigenvalue weighted by Crippen LogP contribution is -2.45. The molecule has 4 rings (SSSR count). The largest absolute Gasteiger partial charge is 0.369 e. The minimum absolute atomic E-state index is 0.0761. The Morgan fingerprint density at radius 3 is 2.29 bits per heavy atom. The second-order valence-electron chi connectivity index (χ2n) is 8.32. The molecule has 1 aliphatic heterocycles. The fourth-order valence-corrected chi connectivity index (χ4v) is 3.92. The van der Waals surface area contributed by atoms with Crippen LogP contribution in [0.2, 0.25) is 0 Å². The summed E-state index contributed by atoms with van der Waals surface area (Å²) in [5.74, 6) is -0.703. The number of anilines is 1. The molecule has 35 heavy (non-hydrogen) atoms. The lowest BCUT2D eigenvalue weighted by atomic mass is 10.1. The molecule has 0 radical (unpaired) electrons. The SMILES string of the molecule is O=C(C=Cc1ccc(C=CC(=O)c2ccc(N3CCN(Cc4ccccc4)CC3)cc2)cn1)NO. The average Bonchev–Trinajstić information content (AvgIpc) is 2.92. The molecule has 0 unspecified atom stereocenters. The molecular formula is C28H28N4O3. The van der Waals surface area contributed by atoms with E-state index in [1.54, 1.807) is 24.4 Å². The van der Waals surface area contributed by atoms with Gasteiger partial charge in [-0.1, -0.05) is 36.4 Å². The Balaban J connectivity index is 1.28. The van der Waals surface area contributed by atoms with Crippen molar-refractivity contribution in [3.63, 3.8) is 0 Å². The molecule has 2 aromatic carbocycles. The Morgan fingerprint density at radius 1 is 0.886 bits per heavy atom. The minimum Gasteiger partial charge on any atom is -0.369 e. The number of ketones is 1. The fourth-order valence-electron chi connectivity index (χ4n) is 3.92. The van der Waals surface area contributed by atoms with Crippen LogP contribution in [0.3, 0.4) is 0 Å². The summed E-state index contributed by atoms with van der Waals surface area (Å²) < 4.78 is 0. The highest BCUT2D eigenvalue weighted by Gasteiger charge is 2.17. The third-order valence-electron chi connectivity index (χ3n) is 5.89. The number of amides is 1. The van der Waals surface area contributed by atoms with Gasteiger partial charge in [-0.3, -0.25) is 24.7 Å². The number of pyridine rings is 1. The number of carbonyl (C=O) groups excluding carboxylic acids is 2. The molecule has 2 N–H and O–H groups in total. The number of aromatic nitrogens is 1. The van der Waals surface area contributed by atoms with E-state index in [0.717, 1.165) is 44.0 Å². The van der Waals surface area contributed by atoms with Crippen LogP contribution in [0.4, 0.5) is 5.69 Å². The first-order valence-corrected chi connectivity index (χ1v) is 11.5. The van der Waals surface area contributed by atoms with Gasteiger partial charge in [-0.05, 0) is 59.7 Å². The first-order chi connectivity index (χ1) is 17.1. The second kappa shape index (κ2) is 11.9. The summed E-state index contributed by atoms with van der Waals surface area (Å²) in [6, 6.07) is 21.8. The van der Waals surface area contributed by atoms with Crippen LogP contribution in [-0.4, -0.2) is 53.0 Å². The molecule has 0 saturated carbocycles. The van der Waals surface area contributed by atoms with Gasteiger partial charge >= 0.3 is 0 Å². The van der Waals surface area contributed by atoms with Gasteiger partial charge in [-0.15, -0.1) is 0 Å². The van der Waals surface area contributed by atoms with Crippen molar-refractivity contribution >= 4 is 29.5 Å². The van der Waals surface area contributed by atoms with Gasteiger partial charge in [0.2, 0.25) is 0 Å². The number of hydroxylamine groups is 1. The van der Waals surface area contributed by atoms with E-state index in [1.807, 2.05) is 30.3 Å². The van der Waals surface area contributed by atoms with Crippen molar-refractivity contribution < 1.29 is 14.8 Å². The summed E-state index contributed by atoms with van der Waals surface area (Å²) in [5.41, 5.74) is 5.96. The number of nitrogens with one attached hydrogen (secondary N) is 1. The quantitative estimate of drug-likeness (QED) is 0.226. The Morgan fingerprint density at radius 2 is 1.63 bits per heavy atom. The molecule has 7 heteroatoms. The van der Waals surface area contributed by atoms with E-state index in [2.05, 4.69) is 39.0 Å². The van der Waals surface area contributed by atoms with E-state index < -0.39 is 5.91 Å². The van der Waals surface area contributed by atoms with Crippen molar-refractivity contribution in [2.24, 2.45) is 0 Å². The fraction of sp³-hybridized carbons (Fsp3) is 0.179. The molecule has 2 heterocycles. The number of hydrogen-bond donors (Lipinski definition) is 2. The van der Waals surface area contributed by atoms with Crippen molar-refractivity contribution in [3.05, 3.63) is 107 Å². The van der Waals surface area contributed by atoms with Gasteiger partial charge in [0, 0.05) is 56.2 Å². The van der Waals surface area contributed by atoms with Crippen LogP contribution in [0.25, 0.3) is 12.2 Å². The first kappa shape index (κ1) is 24.1. The number of carbonyl (C=O) groups is 2. The number of piperazine rings is 1. The maximum Gasteiger partial charge on any atom is 0.267 e. The van der Waals surface area contributed by atoms with Crippen LogP contribution in [0.1, 0.15) is 27.2 Å². The van der Waals surface area contributed by atoms with Crippen molar-refractivity contribution in [1.29, 1.82) is 0 Å². The number of rotatable bonds is 8. The highest BCUT2D eigenvalue weighted by molar-refractivity contribution is 6.07. The second-order valence-corrected chi connectivity index (χ2v) is 8.32. The molecular weight excluding hydrogens is 440 g/mol. The van der Waals surface area contributed by atoms with E-state index >= 15 is 0 Å². The van der Waals surface area contributed by atoms with Gasteiger partial charge in [0.05, 0.1) is 5.69 Å². The first-order valence-electron chi connectivity index (χ1n) is 11.5. The van der Waals surface area contributed by atoms with Gasteiger partial charge in [-0.25, -0.2) is 5.48 Å². The third kappa shape index (κ3) is 6.96. The van der Waals surface area contributed by atoms with Gasteiger partial charge in [-0.2, -0.15) is 0 Å². The van der Waals surface area contributed by atoms with E-state index in [9.17, 15) is 9.59 Å². The Kier molecular flexibility index (Phi) is 8.17. The van der Waals surface area contributed by atoms with Crippen LogP contribution < -0.4 is 10.4 Å². The monoisotopic (exact) mass is 468 g/mol. The van der Waals surface area contributed by atoms with E-state index in [-0.39, 0.29) is 5.78 Å². The summed E-state index contributed by atoms with van der Waals surface area (Å²) in [6.07, 6.45) is 7.51. The highest BCUT2D eigenvalue weighted by atomic mass is 16.5. The molecule has 1 amide bonds. The molecule has 1 saturated heterocycles. The smallest absolute Gasteiger partial charge is 0.267 e. The summed E-state index contributed by atoms with van der Waals surface area (Å²) in [6.45, 7) is 4.92. The van der Waals surface area contributed by atoms with Crippen LogP contribution >= 0.6 is 0 Å². The van der Waals surface area contributed by atoms with E-state index in [1.165, 1.54) is 29.3 Å². The number of nitrogens with zero attached hydrogens (tertiary/aromatic N) is 3. The standard InChI is InChI=1S/C28H28N4O3/c33-27(14-7-22-6-10-25(29-20-22)11-15-28(34)30-35)24-8-12-26(13-9-24)32-18-16-31(17-19-32)21-23-4-2-1-3-5-23/h1-15,20,35H,16-19,21H2,(H,30,34). The average molecular weight is 469 g/mol. The van der Waals surface area contributed by atoms with Gasteiger partial charge < -0.3 is 4.90 Å². The van der Waals surface area contributed by atoms with Crippen LogP contribution in [0, 0.1) is 0 Å². The summed E-state index contributed by atoms with van der Waals surface area (Å²) in [4.78, 5) is 32.7. The molecule has 3 aromatic rings. The predicted molar refractivity (Wildman–Crippen MR) is 137 cm³/mol. The normalized spacial score (nSPS) is 14.5. The van der Waals surface area contributed by atoms with Crippen molar-refractivity contribution in [3.8, 4) is 0 Å². The molecule has 1 aromatic heterocycles. The van der Waals surface area contributed by atoms with Gasteiger partial charge in [0.1, 0.15) is 0 Å². The molecule has 7 nitrogen and oxygen atoms in total. The van der Waals surface area contributed by atoms with Crippen LogP contribution in [0.5, 0.6) is 0 Å². The summed E-state index contributed by atoms with van der Waals surface area (Å²) in [7, 11) is 0. The Bertz CT molecular complexity index is 1180. The maximum absolute atomic E-state index is 12.6. The predicted octanol–water partition coefficient (Wildman–Crippen LogP) is 3.82. The van der Waals surface area contributed by atoms with E-state index in [4.69, 9.17) is 5.21 Å². The Hall–Kier alpha value is -4.07. The summed E-state index contributed by atoms with van der Waals surface area (Å²) >= 11 is 0. The topological polar surface area (TPSA) is 85.8 Å². The number of allylic oxidation sites excluding steroid dienone is 1. The van der Waals surface area contributed by atoms with Crippen LogP contribution in [0.15, 0.2) is 85.1 Å². The van der Waals surface area contributed by atoms with Crippen molar-refractivity contribution in [2.75, 3.05) is 31.1 Å². The number of benzene rings is 2. The van der Waals surface area contributed by atoms with Gasteiger partial charge in [0.15, 0.2) is 5.78 Å². The van der Waals surface area contributed by atoms with Gasteiger partial charge in [0.25, 0.3) is 5.91 Å². The Labute approximate surface area is 205 Å². The minimum atomic E-state index is -0.627. The number of hydrogen-bond acceptors (Lipinski definition) is 6. The van der Waals surface area contributed by atoms with Crippen LogP contribution in [-0.2, 0) is 11.3 Å². The lowest BCUT2D eigenvalue weighted by molar-refractivity contribution is -0.124. The molecule has 1 fully saturated rings. The molecule has 0 bridgehead atoms. The zero-order valence-corrected chi connectivity index (χ0v) is 19.4. The molecule has 1 aliphatic rings. The molecule has 0 spiro atoms. The zero-order chi connectivity index (χ0) is 24.5. The van der Waals surface area contributed by atoms with E-state index in [0.29, 0.717) is 11.3 Å². The molecule has 0 atom stereocenters. The molecule has 0 aliphatic carbocycles. The molecule has 178 valence electrons. The van der Waals surface area contributed by atoms with Crippen molar-refractivity contribution in [1.82, 2.24) is 15.4 Å². The third-order valence-corrected chi connectivity index (χ3v) is 5.89. The lowest BCUT2D eigenvalue weighted by Gasteiger charge is -2.36. The van der Waals surface area contributed by atoms with Crippen molar-refractivity contribution in [2.45, 2.75) is 6.54 Å². The maximum atomic E-state index is 12.6. The summed E-state index contributed by atoms with van der Waals surface area (Å²) in [5, 5.41) is 8.49. The highest BCUT2D eigenvalue weighted by Crippen LogP contribution is 2.19.